The Kier molecular flexibility index (Phi) is 6.18. The molecule has 3 N–H and O–H groups in total. The predicted molar refractivity (Wildman–Crippen MR) is 135 cm³/mol. The summed E-state index contributed by atoms with van der Waals surface area (Å²) in [7, 11) is 1.61. The maximum absolute atomic E-state index is 15.2. The molecule has 3 aromatic rings. The predicted octanol–water partition coefficient (Wildman–Crippen LogP) is 4.13. The minimum Gasteiger partial charge on any atom is -0.463 e. The number of ether oxygens (including phenoxy) is 2. The largest absolute Gasteiger partial charge is 0.463 e. The molecule has 0 radical (unpaired) electrons. The topological polar surface area (TPSA) is 108 Å². The van der Waals surface area contributed by atoms with Gasteiger partial charge in [0, 0.05) is 36.5 Å². The molecule has 0 bridgehead atoms. The molecule has 0 spiro atoms. The number of nitrogens with two attached hydrogens (primary N) is 1. The summed E-state index contributed by atoms with van der Waals surface area (Å²) in [5, 5.41) is 3.39. The average Bonchev–Trinajstić information content (AvgIpc) is 3.56. The molecular weight excluding hydrogens is 486 g/mol. The minimum atomic E-state index is -1.05. The van der Waals surface area contributed by atoms with Crippen molar-refractivity contribution in [3.63, 3.8) is 0 Å². The zero-order chi connectivity index (χ0) is 25.5. The van der Waals surface area contributed by atoms with Gasteiger partial charge in [-0.15, -0.1) is 5.92 Å². The number of methoxy groups -OCH3 is 1. The molecule has 0 unspecified atom stereocenters. The molecule has 1 fully saturated rings. The maximum Gasteiger partial charge on any atom is 0.233 e. The van der Waals surface area contributed by atoms with Gasteiger partial charge in [-0.05, 0) is 32.4 Å². The lowest BCUT2D eigenvalue weighted by Crippen LogP contribution is -2.37. The highest BCUT2D eigenvalue weighted by atomic mass is 32.2. The van der Waals surface area contributed by atoms with Crippen LogP contribution in [0.5, 0.6) is 5.88 Å². The molecule has 8 nitrogen and oxygen atoms in total. The molecule has 1 aromatic carbocycles. The van der Waals surface area contributed by atoms with Crippen LogP contribution in [0, 0.1) is 29.4 Å². The molecule has 1 saturated carbocycles. The number of rotatable bonds is 7. The number of aromatic nitrogens is 3. The number of aliphatic imine (C=N–C) groups is 1. The fourth-order valence-corrected chi connectivity index (χ4v) is 6.22. The standard InChI is InChI=1S/C25H24F2N6O2S/c1-4-5-8-35-19-12-30-21-17(32-19)6-7-29-22(21)31-14-9-15(20(27)16(26)10-14)24(2)18-11-25(18,13-34-3)36-23(28)33-24/h6-7,9-10,12,18H,8,11,13H2,1-3H3,(H2,28,33)(H,29,31)/t18-,24+,25+/m0/s1. The van der Waals surface area contributed by atoms with Crippen molar-refractivity contribution in [2.24, 2.45) is 16.6 Å². The van der Waals surface area contributed by atoms with Crippen molar-refractivity contribution >= 4 is 39.5 Å². The fourth-order valence-electron chi connectivity index (χ4n) is 4.77. The number of hydrogen-bond acceptors (Lipinski definition) is 9. The molecule has 186 valence electrons. The number of nitrogens with one attached hydrogen (secondary N) is 1. The lowest BCUT2D eigenvalue weighted by atomic mass is 9.85. The molecule has 36 heavy (non-hydrogen) atoms. The molecule has 0 amide bonds. The number of nitrogens with zero attached hydrogens (tertiary/aromatic N) is 4. The van der Waals surface area contributed by atoms with Crippen LogP contribution < -0.4 is 15.8 Å². The zero-order valence-electron chi connectivity index (χ0n) is 19.9. The first-order chi connectivity index (χ1) is 17.3. The first-order valence-corrected chi connectivity index (χ1v) is 12.1. The highest BCUT2D eigenvalue weighted by molar-refractivity contribution is 8.15. The second-order valence-corrected chi connectivity index (χ2v) is 10.3. The van der Waals surface area contributed by atoms with Crippen LogP contribution in [0.3, 0.4) is 0 Å². The van der Waals surface area contributed by atoms with Gasteiger partial charge >= 0.3 is 0 Å². The normalized spacial score (nSPS) is 24.4. The van der Waals surface area contributed by atoms with Gasteiger partial charge in [-0.2, -0.15) is 0 Å². The molecule has 11 heteroatoms. The summed E-state index contributed by atoms with van der Waals surface area (Å²) in [6.07, 6.45) is 3.74. The summed E-state index contributed by atoms with van der Waals surface area (Å²) in [4.78, 5) is 17.7. The van der Waals surface area contributed by atoms with Gasteiger partial charge in [-0.1, -0.05) is 17.7 Å². The SMILES string of the molecule is CC#CCOc1cnc2c(Nc3cc(F)c(F)c([C@@]4(C)N=C(N)S[C@@]5(COC)C[C@H]54)c3)nccc2n1. The van der Waals surface area contributed by atoms with E-state index in [4.69, 9.17) is 15.2 Å². The summed E-state index contributed by atoms with van der Waals surface area (Å²) in [5.74, 6) is 4.19. The third kappa shape index (κ3) is 4.20. The van der Waals surface area contributed by atoms with Gasteiger partial charge in [-0.25, -0.2) is 23.7 Å². The van der Waals surface area contributed by atoms with Gasteiger partial charge in [0.25, 0.3) is 0 Å². The summed E-state index contributed by atoms with van der Waals surface area (Å²) >= 11 is 1.44. The molecule has 3 heterocycles. The van der Waals surface area contributed by atoms with Crippen LogP contribution in [0.2, 0.25) is 0 Å². The molecule has 1 aliphatic carbocycles. The van der Waals surface area contributed by atoms with E-state index in [0.29, 0.717) is 40.2 Å². The molecule has 0 saturated heterocycles. The maximum atomic E-state index is 15.2. The van der Waals surface area contributed by atoms with E-state index in [-0.39, 0.29) is 22.8 Å². The average molecular weight is 511 g/mol. The number of hydrogen-bond donors (Lipinski definition) is 2. The van der Waals surface area contributed by atoms with Gasteiger partial charge in [0.2, 0.25) is 5.88 Å². The summed E-state index contributed by atoms with van der Waals surface area (Å²) in [5.41, 5.74) is 6.47. The van der Waals surface area contributed by atoms with Crippen molar-refractivity contribution in [1.29, 1.82) is 0 Å². The van der Waals surface area contributed by atoms with E-state index in [0.717, 1.165) is 12.5 Å². The van der Waals surface area contributed by atoms with E-state index in [9.17, 15) is 4.39 Å². The Morgan fingerprint density at radius 2 is 2.14 bits per heavy atom. The van der Waals surface area contributed by atoms with E-state index < -0.39 is 17.2 Å². The van der Waals surface area contributed by atoms with Crippen LogP contribution in [0.1, 0.15) is 25.8 Å². The molecule has 2 aromatic heterocycles. The van der Waals surface area contributed by atoms with Crippen LogP contribution >= 0.6 is 11.8 Å². The lowest BCUT2D eigenvalue weighted by molar-refractivity contribution is 0.184. The number of fused-ring (bicyclic) bond motifs is 2. The lowest BCUT2D eigenvalue weighted by Gasteiger charge is -2.34. The van der Waals surface area contributed by atoms with Crippen LogP contribution in [0.4, 0.5) is 20.3 Å². The first-order valence-electron chi connectivity index (χ1n) is 11.2. The second-order valence-electron chi connectivity index (χ2n) is 8.85. The van der Waals surface area contributed by atoms with E-state index in [2.05, 4.69) is 37.1 Å². The third-order valence-electron chi connectivity index (χ3n) is 6.48. The van der Waals surface area contributed by atoms with Crippen LogP contribution in [-0.4, -0.2) is 45.2 Å². The van der Waals surface area contributed by atoms with Gasteiger partial charge in [0.1, 0.15) is 5.52 Å². The van der Waals surface area contributed by atoms with Crippen molar-refractivity contribution < 1.29 is 18.3 Å². The summed E-state index contributed by atoms with van der Waals surface area (Å²) < 4.78 is 40.6. The Labute approximate surface area is 211 Å². The van der Waals surface area contributed by atoms with E-state index >= 15 is 4.39 Å². The minimum absolute atomic E-state index is 0.0521. The second kappa shape index (κ2) is 9.19. The Bertz CT molecular complexity index is 1440. The van der Waals surface area contributed by atoms with Crippen LogP contribution in [0.25, 0.3) is 11.0 Å². The Morgan fingerprint density at radius 1 is 1.31 bits per heavy atom. The van der Waals surface area contributed by atoms with Crippen molar-refractivity contribution in [2.75, 3.05) is 25.6 Å². The van der Waals surface area contributed by atoms with Crippen molar-refractivity contribution in [3.05, 3.63) is 47.8 Å². The Balaban J connectivity index is 1.50. The Hall–Kier alpha value is -3.49. The van der Waals surface area contributed by atoms with E-state index in [1.54, 1.807) is 39.3 Å². The molecule has 5 rings (SSSR count). The summed E-state index contributed by atoms with van der Waals surface area (Å²) in [6.45, 7) is 4.15. The summed E-state index contributed by atoms with van der Waals surface area (Å²) in [6, 6.07) is 4.32. The highest BCUT2D eigenvalue weighted by Crippen LogP contribution is 2.66. The molecule has 1 aliphatic heterocycles. The van der Waals surface area contributed by atoms with Crippen molar-refractivity contribution in [1.82, 2.24) is 15.0 Å². The fraction of sp³-hybridized carbons (Fsp3) is 0.360. The number of amidine groups is 1. The van der Waals surface area contributed by atoms with Gasteiger partial charge in [-0.3, -0.25) is 4.99 Å². The molecule has 3 atom stereocenters. The molecular formula is C25H24F2N6O2S. The number of thioether (sulfide) groups is 1. The highest BCUT2D eigenvalue weighted by Gasteiger charge is 2.66. The van der Waals surface area contributed by atoms with Crippen LogP contribution in [0.15, 0.2) is 35.6 Å². The number of pyridine rings is 1. The van der Waals surface area contributed by atoms with Gasteiger partial charge in [0.05, 0.1) is 28.6 Å². The zero-order valence-corrected chi connectivity index (χ0v) is 20.7. The number of anilines is 2. The van der Waals surface area contributed by atoms with Gasteiger partial charge in [0.15, 0.2) is 29.2 Å². The quantitative estimate of drug-likeness (QED) is 0.457. The number of benzene rings is 1. The monoisotopic (exact) mass is 510 g/mol. The van der Waals surface area contributed by atoms with Crippen molar-refractivity contribution in [3.8, 4) is 17.7 Å². The molecule has 2 aliphatic rings. The van der Waals surface area contributed by atoms with Crippen molar-refractivity contribution in [2.45, 2.75) is 30.6 Å². The first kappa shape index (κ1) is 24.2. The smallest absolute Gasteiger partial charge is 0.233 e. The van der Waals surface area contributed by atoms with E-state index in [1.165, 1.54) is 18.0 Å². The third-order valence-corrected chi connectivity index (χ3v) is 7.76. The van der Waals surface area contributed by atoms with Gasteiger partial charge < -0.3 is 20.5 Å². The Morgan fingerprint density at radius 3 is 2.92 bits per heavy atom. The van der Waals surface area contributed by atoms with E-state index in [1.807, 2.05) is 0 Å². The number of halogens is 2. The van der Waals surface area contributed by atoms with Crippen LogP contribution in [-0.2, 0) is 10.3 Å².